The Labute approximate surface area is 202 Å². The van der Waals surface area contributed by atoms with E-state index >= 15 is 0 Å². The molecule has 1 fully saturated rings. The number of rotatable bonds is 5. The summed E-state index contributed by atoms with van der Waals surface area (Å²) in [6, 6.07) is 15.2. The summed E-state index contributed by atoms with van der Waals surface area (Å²) in [4.78, 5) is 31.8. The van der Waals surface area contributed by atoms with Crippen LogP contribution in [0.1, 0.15) is 48.1 Å². The third-order valence-electron chi connectivity index (χ3n) is 5.73. The topological polar surface area (TPSA) is 70.5 Å². The van der Waals surface area contributed by atoms with Gasteiger partial charge in [-0.15, -0.1) is 0 Å². The normalized spacial score (nSPS) is 17.7. The summed E-state index contributed by atoms with van der Waals surface area (Å²) in [5, 5.41) is 11.7. The summed E-state index contributed by atoms with van der Waals surface area (Å²) in [6.07, 6.45) is 3.29. The Kier molecular flexibility index (Phi) is 6.54. The maximum absolute atomic E-state index is 13.1. The van der Waals surface area contributed by atoms with Crippen LogP contribution in [0.5, 0.6) is 0 Å². The Morgan fingerprint density at radius 2 is 1.79 bits per heavy atom. The molecule has 0 aliphatic carbocycles. The van der Waals surface area contributed by atoms with Crippen molar-refractivity contribution >= 4 is 40.7 Å². The number of amides is 1. The highest BCUT2D eigenvalue weighted by Gasteiger charge is 2.46. The minimum Gasteiger partial charge on any atom is -0.507 e. The van der Waals surface area contributed by atoms with E-state index in [0.29, 0.717) is 16.5 Å². The molecule has 1 aromatic heterocycles. The second-order valence-corrected chi connectivity index (χ2v) is 9.05. The number of nitrogens with zero attached hydrogens (tertiary/aromatic N) is 2. The number of hydrogen-bond acceptors (Lipinski definition) is 4. The van der Waals surface area contributed by atoms with Gasteiger partial charge in [0, 0.05) is 24.5 Å². The monoisotopic (exact) mass is 480 g/mol. The Balaban J connectivity index is 1.86. The van der Waals surface area contributed by atoms with Crippen molar-refractivity contribution in [2.45, 2.75) is 32.4 Å². The van der Waals surface area contributed by atoms with Gasteiger partial charge in [0.25, 0.3) is 11.7 Å². The third-order valence-corrected chi connectivity index (χ3v) is 6.47. The summed E-state index contributed by atoms with van der Waals surface area (Å²) in [6.45, 7) is 4.36. The van der Waals surface area contributed by atoms with Crippen LogP contribution < -0.4 is 0 Å². The standard InChI is InChI=1S/C26H22Cl2N2O3/c1-15(2)17-5-7-18(8-6-17)23-22(24(31)19-9-10-20(27)21(28)12-19)25(32)26(33)30(23)14-16-4-3-11-29-13-16/h3-13,15,23,31H,14H2,1-2H3/b24-22-. The zero-order chi connectivity index (χ0) is 23.7. The van der Waals surface area contributed by atoms with Gasteiger partial charge in [-0.2, -0.15) is 0 Å². The third kappa shape index (κ3) is 4.52. The van der Waals surface area contributed by atoms with Crippen LogP contribution in [0, 0.1) is 0 Å². The van der Waals surface area contributed by atoms with Gasteiger partial charge in [-0.1, -0.05) is 67.4 Å². The van der Waals surface area contributed by atoms with Crippen LogP contribution in [-0.2, 0) is 16.1 Å². The summed E-state index contributed by atoms with van der Waals surface area (Å²) in [7, 11) is 0. The number of hydrogen-bond donors (Lipinski definition) is 1. The first-order valence-corrected chi connectivity index (χ1v) is 11.3. The molecule has 1 aliphatic rings. The zero-order valence-electron chi connectivity index (χ0n) is 18.1. The van der Waals surface area contributed by atoms with E-state index in [9.17, 15) is 14.7 Å². The molecule has 2 heterocycles. The van der Waals surface area contributed by atoms with E-state index in [-0.39, 0.29) is 22.9 Å². The number of aromatic nitrogens is 1. The van der Waals surface area contributed by atoms with Crippen LogP contribution in [0.2, 0.25) is 10.0 Å². The smallest absolute Gasteiger partial charge is 0.295 e. The lowest BCUT2D eigenvalue weighted by molar-refractivity contribution is -0.140. The number of pyridine rings is 1. The molecule has 1 N–H and O–H groups in total. The maximum atomic E-state index is 13.1. The second kappa shape index (κ2) is 9.38. The number of halogens is 2. The molecule has 0 radical (unpaired) electrons. The molecule has 1 aliphatic heterocycles. The fraction of sp³-hybridized carbons (Fsp3) is 0.192. The van der Waals surface area contributed by atoms with Gasteiger partial charge in [0.15, 0.2) is 0 Å². The average Bonchev–Trinajstić information content (AvgIpc) is 3.06. The molecule has 1 unspecified atom stereocenters. The molecule has 1 saturated heterocycles. The van der Waals surface area contributed by atoms with Crippen LogP contribution >= 0.6 is 23.2 Å². The van der Waals surface area contributed by atoms with E-state index in [4.69, 9.17) is 23.2 Å². The lowest BCUT2D eigenvalue weighted by Gasteiger charge is -2.25. The van der Waals surface area contributed by atoms with Crippen molar-refractivity contribution in [2.24, 2.45) is 0 Å². The molecule has 7 heteroatoms. The molecule has 1 atom stereocenters. The van der Waals surface area contributed by atoms with E-state index in [1.54, 1.807) is 24.5 Å². The fourth-order valence-corrected chi connectivity index (χ4v) is 4.24. The van der Waals surface area contributed by atoms with Gasteiger partial charge < -0.3 is 10.0 Å². The van der Waals surface area contributed by atoms with Crippen molar-refractivity contribution in [2.75, 3.05) is 0 Å². The highest BCUT2D eigenvalue weighted by Crippen LogP contribution is 2.41. The number of carbonyl (C=O) groups is 2. The number of likely N-dealkylation sites (tertiary alicyclic amines) is 1. The quantitative estimate of drug-likeness (QED) is 0.270. The minimum absolute atomic E-state index is 0.0135. The number of aliphatic hydroxyl groups is 1. The fourth-order valence-electron chi connectivity index (χ4n) is 3.94. The molecular formula is C26H22Cl2N2O3. The lowest BCUT2D eigenvalue weighted by Crippen LogP contribution is -2.29. The van der Waals surface area contributed by atoms with Crippen LogP contribution in [0.25, 0.3) is 5.76 Å². The predicted octanol–water partition coefficient (Wildman–Crippen LogP) is 6.13. The van der Waals surface area contributed by atoms with Gasteiger partial charge in [0.2, 0.25) is 0 Å². The second-order valence-electron chi connectivity index (χ2n) is 8.24. The number of benzene rings is 2. The molecule has 0 saturated carbocycles. The summed E-state index contributed by atoms with van der Waals surface area (Å²) >= 11 is 12.1. The van der Waals surface area contributed by atoms with Crippen LogP contribution in [0.4, 0.5) is 0 Å². The number of carbonyl (C=O) groups excluding carboxylic acids is 2. The zero-order valence-corrected chi connectivity index (χ0v) is 19.6. The molecule has 3 aromatic rings. The van der Waals surface area contributed by atoms with Crippen molar-refractivity contribution in [1.82, 2.24) is 9.88 Å². The summed E-state index contributed by atoms with van der Waals surface area (Å²) < 4.78 is 0. The minimum atomic E-state index is -0.763. The molecule has 168 valence electrons. The van der Waals surface area contributed by atoms with Gasteiger partial charge in [-0.05, 0) is 46.9 Å². The first-order chi connectivity index (χ1) is 15.8. The highest BCUT2D eigenvalue weighted by atomic mass is 35.5. The van der Waals surface area contributed by atoms with Gasteiger partial charge >= 0.3 is 0 Å². The Morgan fingerprint density at radius 3 is 2.39 bits per heavy atom. The van der Waals surface area contributed by atoms with E-state index < -0.39 is 17.7 Å². The van der Waals surface area contributed by atoms with E-state index in [2.05, 4.69) is 18.8 Å². The van der Waals surface area contributed by atoms with Crippen molar-refractivity contribution < 1.29 is 14.7 Å². The first kappa shape index (κ1) is 23.0. The van der Waals surface area contributed by atoms with Crippen molar-refractivity contribution in [1.29, 1.82) is 0 Å². The molecule has 2 aromatic carbocycles. The first-order valence-electron chi connectivity index (χ1n) is 10.5. The Hall–Kier alpha value is -3.15. The van der Waals surface area contributed by atoms with E-state index in [1.807, 2.05) is 30.3 Å². The SMILES string of the molecule is CC(C)c1ccc(C2/C(=C(/O)c3ccc(Cl)c(Cl)c3)C(=O)C(=O)N2Cc2cccnc2)cc1. The molecule has 1 amide bonds. The summed E-state index contributed by atoms with van der Waals surface area (Å²) in [5.74, 6) is -1.39. The van der Waals surface area contributed by atoms with Gasteiger partial charge in [0.05, 0.1) is 21.7 Å². The Morgan fingerprint density at radius 1 is 1.06 bits per heavy atom. The average molecular weight is 481 g/mol. The largest absolute Gasteiger partial charge is 0.507 e. The summed E-state index contributed by atoms with van der Waals surface area (Å²) in [5.41, 5.74) is 2.96. The Bertz CT molecular complexity index is 1240. The van der Waals surface area contributed by atoms with E-state index in [0.717, 1.165) is 16.7 Å². The molecule has 5 nitrogen and oxygen atoms in total. The van der Waals surface area contributed by atoms with Gasteiger partial charge in [-0.3, -0.25) is 14.6 Å². The van der Waals surface area contributed by atoms with Gasteiger partial charge in [0.1, 0.15) is 5.76 Å². The molecule has 0 spiro atoms. The number of Topliss-reactive ketones (excluding diaryl/α,β-unsaturated/α-hetero) is 1. The maximum Gasteiger partial charge on any atom is 0.295 e. The predicted molar refractivity (Wildman–Crippen MR) is 129 cm³/mol. The van der Waals surface area contributed by atoms with Crippen molar-refractivity contribution in [3.05, 3.63) is 105 Å². The molecule has 33 heavy (non-hydrogen) atoms. The molecule has 4 rings (SSSR count). The highest BCUT2D eigenvalue weighted by molar-refractivity contribution is 6.46. The molecule has 0 bridgehead atoms. The number of ketones is 1. The van der Waals surface area contributed by atoms with Crippen LogP contribution in [0.3, 0.4) is 0 Å². The van der Waals surface area contributed by atoms with Crippen molar-refractivity contribution in [3.8, 4) is 0 Å². The van der Waals surface area contributed by atoms with Crippen LogP contribution in [-0.4, -0.2) is 26.7 Å². The lowest BCUT2D eigenvalue weighted by atomic mass is 9.93. The van der Waals surface area contributed by atoms with E-state index in [1.165, 1.54) is 17.0 Å². The molecular weight excluding hydrogens is 459 g/mol. The number of aliphatic hydroxyl groups excluding tert-OH is 1. The van der Waals surface area contributed by atoms with Gasteiger partial charge in [-0.25, -0.2) is 0 Å². The van der Waals surface area contributed by atoms with Crippen molar-refractivity contribution in [3.63, 3.8) is 0 Å². The van der Waals surface area contributed by atoms with Crippen LogP contribution in [0.15, 0.2) is 72.6 Å².